The fourth-order valence-corrected chi connectivity index (χ4v) is 2.32. The summed E-state index contributed by atoms with van der Waals surface area (Å²) in [6, 6.07) is 13.9. The summed E-state index contributed by atoms with van der Waals surface area (Å²) in [5.41, 5.74) is 0.181. The number of nitrogens with zero attached hydrogens (tertiary/aromatic N) is 1. The van der Waals surface area contributed by atoms with Gasteiger partial charge in [-0.2, -0.15) is 14.0 Å². The van der Waals surface area contributed by atoms with E-state index in [9.17, 15) is 23.6 Å². The average molecular weight is 416 g/mol. The minimum Gasteiger partial charge on any atom is -0.497 e. The number of hydrogen-bond acceptors (Lipinski definition) is 6. The Morgan fingerprint density at radius 1 is 1.17 bits per heavy atom. The summed E-state index contributed by atoms with van der Waals surface area (Å²) in [5, 5.41) is 11.6. The van der Waals surface area contributed by atoms with Crippen molar-refractivity contribution in [2.45, 2.75) is 19.6 Å². The van der Waals surface area contributed by atoms with Crippen LogP contribution in [-0.4, -0.2) is 31.7 Å². The molecule has 0 aromatic heterocycles. The van der Waals surface area contributed by atoms with Crippen molar-refractivity contribution < 1.29 is 32.6 Å². The number of benzene rings is 2. The van der Waals surface area contributed by atoms with Crippen LogP contribution in [0.3, 0.4) is 0 Å². The number of carbonyl (C=O) groups is 2. The first-order valence-corrected chi connectivity index (χ1v) is 8.65. The van der Waals surface area contributed by atoms with Crippen molar-refractivity contribution in [1.29, 1.82) is 5.26 Å². The van der Waals surface area contributed by atoms with Gasteiger partial charge in [0.25, 0.3) is 5.91 Å². The van der Waals surface area contributed by atoms with Gasteiger partial charge in [0, 0.05) is 0 Å². The normalized spacial score (nSPS) is 11.9. The maximum atomic E-state index is 12.5. The van der Waals surface area contributed by atoms with Gasteiger partial charge in [-0.15, -0.1) is 0 Å². The summed E-state index contributed by atoms with van der Waals surface area (Å²) in [5.74, 6) is -1.51. The van der Waals surface area contributed by atoms with Gasteiger partial charge in [-0.05, 0) is 42.8 Å². The van der Waals surface area contributed by atoms with Gasteiger partial charge in [0.2, 0.25) is 0 Å². The quantitative estimate of drug-likeness (QED) is 0.400. The lowest BCUT2D eigenvalue weighted by Gasteiger charge is -2.15. The molecule has 0 spiro atoms. The molecule has 1 atom stereocenters. The van der Waals surface area contributed by atoms with E-state index < -0.39 is 24.6 Å². The Balaban J connectivity index is 2.08. The third-order valence-corrected chi connectivity index (χ3v) is 3.76. The highest BCUT2D eigenvalue weighted by molar-refractivity contribution is 6.01. The molecular weight excluding hydrogens is 398 g/mol. The molecule has 0 radical (unpaired) electrons. The molecule has 0 aliphatic rings. The SMILES string of the molecule is COc1cccc(/C=C(\C#N)C(=O)O[C@H](C)C(=O)Nc2ccccc2OC(F)F)c1. The van der Waals surface area contributed by atoms with Crippen molar-refractivity contribution in [3.8, 4) is 17.6 Å². The van der Waals surface area contributed by atoms with Crippen LogP contribution in [0.1, 0.15) is 12.5 Å². The maximum absolute atomic E-state index is 12.5. The summed E-state index contributed by atoms with van der Waals surface area (Å²) in [4.78, 5) is 24.6. The van der Waals surface area contributed by atoms with Crippen molar-refractivity contribution in [2.75, 3.05) is 12.4 Å². The molecule has 2 aromatic rings. The number of alkyl halides is 2. The Hall–Kier alpha value is -3.93. The van der Waals surface area contributed by atoms with Crippen LogP contribution in [-0.2, 0) is 14.3 Å². The number of ether oxygens (including phenoxy) is 3. The molecule has 0 unspecified atom stereocenters. The smallest absolute Gasteiger partial charge is 0.387 e. The van der Waals surface area contributed by atoms with Gasteiger partial charge >= 0.3 is 12.6 Å². The van der Waals surface area contributed by atoms with Gasteiger partial charge in [-0.1, -0.05) is 24.3 Å². The Kier molecular flexibility index (Phi) is 7.88. The predicted octanol–water partition coefficient (Wildman–Crippen LogP) is 3.77. The van der Waals surface area contributed by atoms with E-state index in [1.807, 2.05) is 0 Å². The maximum Gasteiger partial charge on any atom is 0.387 e. The Labute approximate surface area is 171 Å². The second-order valence-corrected chi connectivity index (χ2v) is 5.86. The molecule has 0 aliphatic carbocycles. The second kappa shape index (κ2) is 10.6. The van der Waals surface area contributed by atoms with E-state index in [4.69, 9.17) is 9.47 Å². The molecule has 2 aromatic carbocycles. The number of nitrogens with one attached hydrogen (secondary N) is 1. The van der Waals surface area contributed by atoms with Gasteiger partial charge in [0.05, 0.1) is 12.8 Å². The number of carbonyl (C=O) groups excluding carboxylic acids is 2. The number of methoxy groups -OCH3 is 1. The van der Waals surface area contributed by atoms with Crippen LogP contribution < -0.4 is 14.8 Å². The molecule has 9 heteroatoms. The van der Waals surface area contributed by atoms with E-state index in [2.05, 4.69) is 10.1 Å². The van der Waals surface area contributed by atoms with Crippen LogP contribution >= 0.6 is 0 Å². The van der Waals surface area contributed by atoms with Crippen LogP contribution in [0, 0.1) is 11.3 Å². The largest absolute Gasteiger partial charge is 0.497 e. The molecule has 0 aliphatic heterocycles. The average Bonchev–Trinajstić information content (AvgIpc) is 2.73. The van der Waals surface area contributed by atoms with Crippen LogP contribution in [0.2, 0.25) is 0 Å². The van der Waals surface area contributed by atoms with E-state index in [1.165, 1.54) is 44.4 Å². The Morgan fingerprint density at radius 3 is 2.57 bits per heavy atom. The van der Waals surface area contributed by atoms with Crippen molar-refractivity contribution in [1.82, 2.24) is 0 Å². The van der Waals surface area contributed by atoms with Gasteiger partial charge in [-0.25, -0.2) is 4.79 Å². The lowest BCUT2D eigenvalue weighted by Crippen LogP contribution is -2.30. The molecule has 0 saturated carbocycles. The summed E-state index contributed by atoms with van der Waals surface area (Å²) in [6.45, 7) is -1.79. The number of halogens is 2. The summed E-state index contributed by atoms with van der Waals surface area (Å²) >= 11 is 0. The van der Waals surface area contributed by atoms with Gasteiger partial charge in [0.15, 0.2) is 6.10 Å². The van der Waals surface area contributed by atoms with E-state index >= 15 is 0 Å². The van der Waals surface area contributed by atoms with Crippen molar-refractivity contribution in [3.05, 3.63) is 59.7 Å². The summed E-state index contributed by atoms with van der Waals surface area (Å²) in [6.07, 6.45) is -0.0134. The van der Waals surface area contributed by atoms with Gasteiger partial charge in [-0.3, -0.25) is 4.79 Å². The molecular formula is C21H18F2N2O5. The number of anilines is 1. The first-order chi connectivity index (χ1) is 14.3. The first kappa shape index (κ1) is 22.4. The van der Waals surface area contributed by atoms with Crippen LogP contribution in [0.5, 0.6) is 11.5 Å². The minimum atomic E-state index is -3.07. The molecule has 0 saturated heterocycles. The third kappa shape index (κ3) is 6.31. The minimum absolute atomic E-state index is 0.0156. The van der Waals surface area contributed by atoms with Crippen LogP contribution in [0.25, 0.3) is 6.08 Å². The molecule has 0 heterocycles. The number of amides is 1. The highest BCUT2D eigenvalue weighted by Gasteiger charge is 2.22. The highest BCUT2D eigenvalue weighted by atomic mass is 19.3. The zero-order valence-electron chi connectivity index (χ0n) is 16.1. The molecule has 1 N–H and O–H groups in total. The van der Waals surface area contributed by atoms with Gasteiger partial charge in [0.1, 0.15) is 23.1 Å². The summed E-state index contributed by atoms with van der Waals surface area (Å²) in [7, 11) is 1.48. The molecule has 0 fully saturated rings. The van der Waals surface area contributed by atoms with Crippen LogP contribution in [0.4, 0.5) is 14.5 Å². The van der Waals surface area contributed by atoms with E-state index in [1.54, 1.807) is 30.3 Å². The fraction of sp³-hybridized carbons (Fsp3) is 0.190. The highest BCUT2D eigenvalue weighted by Crippen LogP contribution is 2.25. The van der Waals surface area contributed by atoms with Crippen molar-refractivity contribution in [3.63, 3.8) is 0 Å². The predicted molar refractivity (Wildman–Crippen MR) is 104 cm³/mol. The topological polar surface area (TPSA) is 97.6 Å². The second-order valence-electron chi connectivity index (χ2n) is 5.86. The number of para-hydroxylation sites is 2. The Morgan fingerprint density at radius 2 is 1.90 bits per heavy atom. The van der Waals surface area contributed by atoms with Crippen molar-refractivity contribution in [2.24, 2.45) is 0 Å². The molecule has 156 valence electrons. The van der Waals surface area contributed by atoms with E-state index in [-0.39, 0.29) is 17.0 Å². The fourth-order valence-electron chi connectivity index (χ4n) is 2.32. The first-order valence-electron chi connectivity index (χ1n) is 8.65. The number of hydrogen-bond donors (Lipinski definition) is 1. The van der Waals surface area contributed by atoms with Crippen molar-refractivity contribution >= 4 is 23.6 Å². The molecule has 30 heavy (non-hydrogen) atoms. The standard InChI is InChI=1S/C21H18F2N2O5/c1-13(19(26)25-17-8-3-4-9-18(17)30-21(22)23)29-20(27)15(12-24)10-14-6-5-7-16(11-14)28-2/h3-11,13,21H,1-2H3,(H,25,26)/b15-10+/t13-/m1/s1. The number of esters is 1. The monoisotopic (exact) mass is 416 g/mol. The molecule has 7 nitrogen and oxygen atoms in total. The molecule has 1 amide bonds. The zero-order chi connectivity index (χ0) is 22.1. The van der Waals surface area contributed by atoms with Crippen LogP contribution in [0.15, 0.2) is 54.1 Å². The zero-order valence-corrected chi connectivity index (χ0v) is 16.1. The molecule has 2 rings (SSSR count). The Bertz CT molecular complexity index is 985. The number of nitriles is 1. The van der Waals surface area contributed by atoms with Gasteiger partial charge < -0.3 is 19.5 Å². The molecule has 0 bridgehead atoms. The van der Waals surface area contributed by atoms with E-state index in [0.717, 1.165) is 0 Å². The lowest BCUT2D eigenvalue weighted by molar-refractivity contribution is -0.148. The third-order valence-electron chi connectivity index (χ3n) is 3.76. The summed E-state index contributed by atoms with van der Waals surface area (Å²) < 4.78 is 39.4. The lowest BCUT2D eigenvalue weighted by atomic mass is 10.1. The number of rotatable bonds is 8. The van der Waals surface area contributed by atoms with E-state index in [0.29, 0.717) is 11.3 Å².